The number of nitrogens with one attached hydrogen (secondary N) is 2. The summed E-state index contributed by atoms with van der Waals surface area (Å²) in [5, 5.41) is 6.83. The quantitative estimate of drug-likeness (QED) is 0.900. The van der Waals surface area contributed by atoms with Crippen LogP contribution in [-0.2, 0) is 9.53 Å². The molecule has 0 radical (unpaired) electrons. The molecule has 6 nitrogen and oxygen atoms in total. The maximum absolute atomic E-state index is 11.7. The second-order valence-electron chi connectivity index (χ2n) is 6.18. The summed E-state index contributed by atoms with van der Waals surface area (Å²) in [4.78, 5) is 23.0. The van der Waals surface area contributed by atoms with Crippen LogP contribution in [-0.4, -0.2) is 23.3 Å². The second kappa shape index (κ2) is 5.44. The molecule has 1 aliphatic carbocycles. The van der Waals surface area contributed by atoms with Crippen LogP contribution in [0, 0.1) is 5.92 Å². The van der Waals surface area contributed by atoms with E-state index in [2.05, 4.69) is 15.8 Å². The Bertz CT molecular complexity index is 633. The average Bonchev–Trinajstić information content (AvgIpc) is 3.17. The molecule has 1 unspecified atom stereocenters. The predicted molar refractivity (Wildman–Crippen MR) is 82.6 cm³/mol. The van der Waals surface area contributed by atoms with Gasteiger partial charge in [0.25, 0.3) is 0 Å². The molecule has 0 saturated heterocycles. The summed E-state index contributed by atoms with van der Waals surface area (Å²) in [5.74, 6) is 0.0122. The van der Waals surface area contributed by atoms with E-state index in [1.54, 1.807) is 12.1 Å². The number of benzene rings is 1. The summed E-state index contributed by atoms with van der Waals surface area (Å²) in [6.07, 6.45) is 1.85. The van der Waals surface area contributed by atoms with Gasteiger partial charge < -0.3 is 4.74 Å². The minimum Gasteiger partial charge on any atom is -0.443 e. The van der Waals surface area contributed by atoms with Crippen LogP contribution in [0.25, 0.3) is 0 Å². The van der Waals surface area contributed by atoms with E-state index in [0.29, 0.717) is 12.1 Å². The maximum atomic E-state index is 11.7. The second-order valence-corrected chi connectivity index (χ2v) is 6.18. The molecule has 1 fully saturated rings. The molecule has 116 valence electrons. The molecule has 1 heterocycles. The lowest BCUT2D eigenvalue weighted by Gasteiger charge is -2.19. The van der Waals surface area contributed by atoms with E-state index >= 15 is 0 Å². The zero-order valence-electron chi connectivity index (χ0n) is 12.7. The van der Waals surface area contributed by atoms with Gasteiger partial charge in [-0.05, 0) is 37.5 Å². The van der Waals surface area contributed by atoms with Crippen molar-refractivity contribution in [1.82, 2.24) is 5.43 Å². The molecule has 22 heavy (non-hydrogen) atoms. The minimum absolute atomic E-state index is 0.0640. The highest BCUT2D eigenvalue weighted by atomic mass is 16.6. The number of rotatable bonds is 3. The maximum Gasteiger partial charge on any atom is 0.412 e. The lowest BCUT2D eigenvalue weighted by molar-refractivity contribution is -0.121. The lowest BCUT2D eigenvalue weighted by Crippen LogP contribution is -2.31. The van der Waals surface area contributed by atoms with Gasteiger partial charge in [-0.25, -0.2) is 10.2 Å². The van der Waals surface area contributed by atoms with E-state index in [0.717, 1.165) is 24.1 Å². The number of amides is 2. The van der Waals surface area contributed by atoms with E-state index in [-0.39, 0.29) is 17.4 Å². The summed E-state index contributed by atoms with van der Waals surface area (Å²) >= 11 is 0. The normalized spacial score (nSPS) is 22.4. The summed E-state index contributed by atoms with van der Waals surface area (Å²) in [6.45, 7) is 3.89. The van der Waals surface area contributed by atoms with Crippen molar-refractivity contribution in [1.29, 1.82) is 0 Å². The number of carbonyl (C=O) groups excluding carboxylic acids is 2. The molecule has 1 saturated carbocycles. The fourth-order valence-corrected chi connectivity index (χ4v) is 2.37. The number of carbonyl (C=O) groups is 2. The number of hydrogen-bond donors (Lipinski definition) is 2. The van der Waals surface area contributed by atoms with Crippen molar-refractivity contribution in [3.63, 3.8) is 0 Å². The van der Waals surface area contributed by atoms with E-state index in [1.807, 2.05) is 26.0 Å². The van der Waals surface area contributed by atoms with Crippen LogP contribution in [0.2, 0.25) is 0 Å². The summed E-state index contributed by atoms with van der Waals surface area (Å²) in [7, 11) is 0. The van der Waals surface area contributed by atoms with Crippen LogP contribution in [0.5, 0.6) is 0 Å². The predicted octanol–water partition coefficient (Wildman–Crippen LogP) is 2.65. The van der Waals surface area contributed by atoms with Gasteiger partial charge >= 0.3 is 6.09 Å². The van der Waals surface area contributed by atoms with Gasteiger partial charge in [0.05, 0.1) is 5.71 Å². The van der Waals surface area contributed by atoms with Gasteiger partial charge in [0, 0.05) is 18.0 Å². The first-order chi connectivity index (χ1) is 10.5. The van der Waals surface area contributed by atoms with E-state index in [4.69, 9.17) is 4.74 Å². The zero-order valence-corrected chi connectivity index (χ0v) is 12.7. The molecule has 0 bridgehead atoms. The fraction of sp³-hybridized carbons (Fsp3) is 0.438. The molecular weight excluding hydrogens is 282 g/mol. The highest BCUT2D eigenvalue weighted by molar-refractivity contribution is 6.06. The molecule has 6 heteroatoms. The molecule has 2 N–H and O–H groups in total. The molecule has 2 aliphatic rings. The molecule has 3 rings (SSSR count). The zero-order chi connectivity index (χ0) is 15.7. The van der Waals surface area contributed by atoms with Gasteiger partial charge in [0.15, 0.2) is 0 Å². The average molecular weight is 301 g/mol. The van der Waals surface area contributed by atoms with E-state index in [1.165, 1.54) is 0 Å². The van der Waals surface area contributed by atoms with Crippen molar-refractivity contribution in [3.8, 4) is 0 Å². The molecule has 2 amide bonds. The highest BCUT2D eigenvalue weighted by Gasteiger charge is 2.41. The molecule has 1 aromatic rings. The Morgan fingerprint density at radius 3 is 2.64 bits per heavy atom. The van der Waals surface area contributed by atoms with Crippen molar-refractivity contribution >= 4 is 23.4 Å². The van der Waals surface area contributed by atoms with Crippen molar-refractivity contribution in [2.45, 2.75) is 38.7 Å². The number of hydrazone groups is 1. The third-order valence-corrected chi connectivity index (χ3v) is 3.98. The molecule has 1 atom stereocenters. The van der Waals surface area contributed by atoms with Crippen molar-refractivity contribution in [3.05, 3.63) is 29.8 Å². The van der Waals surface area contributed by atoms with Crippen LogP contribution >= 0.6 is 0 Å². The largest absolute Gasteiger partial charge is 0.443 e. The van der Waals surface area contributed by atoms with Gasteiger partial charge in [-0.1, -0.05) is 19.1 Å². The monoisotopic (exact) mass is 301 g/mol. The molecule has 1 aromatic carbocycles. The van der Waals surface area contributed by atoms with Gasteiger partial charge in [0.1, 0.15) is 5.60 Å². The Morgan fingerprint density at radius 2 is 2.05 bits per heavy atom. The first kappa shape index (κ1) is 14.6. The lowest BCUT2D eigenvalue weighted by atomic mass is 9.94. The Labute approximate surface area is 128 Å². The van der Waals surface area contributed by atoms with Crippen molar-refractivity contribution < 1.29 is 14.3 Å². The van der Waals surface area contributed by atoms with E-state index < -0.39 is 6.09 Å². The number of ether oxygens (including phenoxy) is 1. The van der Waals surface area contributed by atoms with E-state index in [9.17, 15) is 9.59 Å². The van der Waals surface area contributed by atoms with Gasteiger partial charge in [-0.2, -0.15) is 5.10 Å². The smallest absolute Gasteiger partial charge is 0.412 e. The Morgan fingerprint density at radius 1 is 1.36 bits per heavy atom. The summed E-state index contributed by atoms with van der Waals surface area (Å²) < 4.78 is 5.31. The van der Waals surface area contributed by atoms with Crippen LogP contribution in [0.1, 0.15) is 38.7 Å². The van der Waals surface area contributed by atoms with Crippen LogP contribution in [0.15, 0.2) is 29.4 Å². The Kier molecular flexibility index (Phi) is 3.60. The third kappa shape index (κ3) is 3.27. The molecule has 0 spiro atoms. The Balaban J connectivity index is 1.65. The Hall–Kier alpha value is -2.37. The first-order valence-electron chi connectivity index (χ1n) is 7.42. The minimum atomic E-state index is -0.427. The molecular formula is C16H19N3O3. The topological polar surface area (TPSA) is 79.8 Å². The summed E-state index contributed by atoms with van der Waals surface area (Å²) in [5.41, 5.74) is 4.67. The third-order valence-electron chi connectivity index (χ3n) is 3.98. The van der Waals surface area contributed by atoms with Crippen molar-refractivity contribution in [2.24, 2.45) is 11.0 Å². The van der Waals surface area contributed by atoms with Crippen LogP contribution < -0.4 is 10.7 Å². The highest BCUT2D eigenvalue weighted by Crippen LogP contribution is 2.38. The van der Waals surface area contributed by atoms with Crippen LogP contribution in [0.3, 0.4) is 0 Å². The molecule has 1 aliphatic heterocycles. The van der Waals surface area contributed by atoms with Gasteiger partial charge in [-0.3, -0.25) is 10.1 Å². The SMILES string of the molecule is CC1CC(=O)NN=C1c1ccc(NC(=O)OC2(C)CC2)cc1. The first-order valence-corrected chi connectivity index (χ1v) is 7.42. The number of anilines is 1. The van der Waals surface area contributed by atoms with Crippen LogP contribution in [0.4, 0.5) is 10.5 Å². The van der Waals surface area contributed by atoms with Crippen molar-refractivity contribution in [2.75, 3.05) is 5.32 Å². The number of nitrogens with zero attached hydrogens (tertiary/aromatic N) is 1. The fourth-order valence-electron chi connectivity index (χ4n) is 2.37. The van der Waals surface area contributed by atoms with Gasteiger partial charge in [-0.15, -0.1) is 0 Å². The standard InChI is InChI=1S/C16H19N3O3/c1-10-9-13(20)18-19-14(10)11-3-5-12(6-4-11)17-15(21)22-16(2)7-8-16/h3-6,10H,7-9H2,1-2H3,(H,17,21)(H,18,20). The molecule has 0 aromatic heterocycles. The van der Waals surface area contributed by atoms with Gasteiger partial charge in [0.2, 0.25) is 5.91 Å². The summed E-state index contributed by atoms with van der Waals surface area (Å²) in [6, 6.07) is 7.36. The number of hydrogen-bond acceptors (Lipinski definition) is 4.